The Balaban J connectivity index is 1.57. The lowest BCUT2D eigenvalue weighted by Gasteiger charge is -2.10. The maximum absolute atomic E-state index is 13.4. The van der Waals surface area contributed by atoms with Crippen molar-refractivity contribution < 1.29 is 4.39 Å². The van der Waals surface area contributed by atoms with Gasteiger partial charge in [0, 0.05) is 18.8 Å². The smallest absolute Gasteiger partial charge is 0.223 e. The minimum absolute atomic E-state index is 0.0194. The number of anilines is 3. The minimum atomic E-state index is -0.488. The van der Waals surface area contributed by atoms with Crippen LogP contribution in [-0.2, 0) is 13.1 Å². The molecule has 0 saturated heterocycles. The summed E-state index contributed by atoms with van der Waals surface area (Å²) >= 11 is 5.85. The standard InChI is InChI=1S/C20H17ClFN7/c21-15-7-14(5-6-16(15)22)28-19-18-17(26-11-27-19)10-25-20(29-18)24-9-13-3-1-12(8-23)2-4-13/h1-7,10-11H,8-9,23H2,(H,24,25,29)(H,26,27,28). The Kier molecular flexibility index (Phi) is 5.46. The Morgan fingerprint density at radius 1 is 1.00 bits per heavy atom. The zero-order valence-electron chi connectivity index (χ0n) is 15.2. The molecule has 0 aliphatic rings. The maximum Gasteiger partial charge on any atom is 0.223 e. The Morgan fingerprint density at radius 3 is 2.55 bits per heavy atom. The summed E-state index contributed by atoms with van der Waals surface area (Å²) in [4.78, 5) is 17.3. The molecule has 2 heterocycles. The van der Waals surface area contributed by atoms with Gasteiger partial charge in [0.2, 0.25) is 5.95 Å². The second-order valence-electron chi connectivity index (χ2n) is 6.28. The molecule has 7 nitrogen and oxygen atoms in total. The summed E-state index contributed by atoms with van der Waals surface area (Å²) in [6, 6.07) is 12.3. The summed E-state index contributed by atoms with van der Waals surface area (Å²) in [5.74, 6) is 0.420. The molecule has 29 heavy (non-hydrogen) atoms. The van der Waals surface area contributed by atoms with Gasteiger partial charge in [-0.2, -0.15) is 0 Å². The molecule has 0 bridgehead atoms. The number of hydrogen-bond donors (Lipinski definition) is 3. The van der Waals surface area contributed by atoms with E-state index in [-0.39, 0.29) is 5.02 Å². The van der Waals surface area contributed by atoms with Crippen molar-refractivity contribution in [1.82, 2.24) is 19.9 Å². The molecule has 0 fully saturated rings. The van der Waals surface area contributed by atoms with Crippen LogP contribution in [0.1, 0.15) is 11.1 Å². The zero-order valence-corrected chi connectivity index (χ0v) is 16.0. The molecule has 4 rings (SSSR count). The molecule has 0 aliphatic heterocycles. The van der Waals surface area contributed by atoms with Crippen LogP contribution in [0, 0.1) is 5.82 Å². The van der Waals surface area contributed by atoms with Gasteiger partial charge in [0.25, 0.3) is 0 Å². The molecule has 2 aromatic carbocycles. The quantitative estimate of drug-likeness (QED) is 0.442. The normalized spacial score (nSPS) is 10.9. The largest absolute Gasteiger partial charge is 0.350 e. The first-order valence-corrected chi connectivity index (χ1v) is 9.22. The Labute approximate surface area is 171 Å². The maximum atomic E-state index is 13.4. The number of benzene rings is 2. The summed E-state index contributed by atoms with van der Waals surface area (Å²) in [5.41, 5.74) is 9.47. The summed E-state index contributed by atoms with van der Waals surface area (Å²) in [6.45, 7) is 1.07. The average molecular weight is 410 g/mol. The van der Waals surface area contributed by atoms with E-state index in [0.29, 0.717) is 41.6 Å². The zero-order chi connectivity index (χ0) is 20.2. The van der Waals surface area contributed by atoms with Crippen LogP contribution in [0.25, 0.3) is 11.0 Å². The number of nitrogens with two attached hydrogens (primary N) is 1. The van der Waals surface area contributed by atoms with Crippen LogP contribution in [0.15, 0.2) is 55.0 Å². The van der Waals surface area contributed by atoms with E-state index in [2.05, 4.69) is 30.6 Å². The summed E-state index contributed by atoms with van der Waals surface area (Å²) in [7, 11) is 0. The van der Waals surface area contributed by atoms with E-state index >= 15 is 0 Å². The molecule has 4 N–H and O–H groups in total. The Morgan fingerprint density at radius 2 is 1.79 bits per heavy atom. The fraction of sp³-hybridized carbons (Fsp3) is 0.100. The van der Waals surface area contributed by atoms with Crippen molar-refractivity contribution in [1.29, 1.82) is 0 Å². The van der Waals surface area contributed by atoms with Crippen molar-refractivity contribution in [2.75, 3.05) is 10.6 Å². The van der Waals surface area contributed by atoms with E-state index in [0.717, 1.165) is 11.1 Å². The van der Waals surface area contributed by atoms with E-state index in [1.807, 2.05) is 24.3 Å². The molecule has 0 saturated carbocycles. The Hall–Kier alpha value is -3.36. The van der Waals surface area contributed by atoms with E-state index in [1.54, 1.807) is 12.3 Å². The van der Waals surface area contributed by atoms with Crippen LogP contribution in [0.5, 0.6) is 0 Å². The van der Waals surface area contributed by atoms with Crippen LogP contribution in [0.4, 0.5) is 21.8 Å². The number of nitrogens with one attached hydrogen (secondary N) is 2. The lowest BCUT2D eigenvalue weighted by molar-refractivity contribution is 0.628. The van der Waals surface area contributed by atoms with E-state index < -0.39 is 5.82 Å². The van der Waals surface area contributed by atoms with E-state index in [1.165, 1.54) is 18.5 Å². The molecule has 0 aliphatic carbocycles. The second kappa shape index (κ2) is 8.34. The molecular weight excluding hydrogens is 393 g/mol. The monoisotopic (exact) mass is 409 g/mol. The first kappa shape index (κ1) is 19.0. The minimum Gasteiger partial charge on any atom is -0.350 e. The molecule has 2 aromatic heterocycles. The predicted octanol–water partition coefficient (Wildman–Crippen LogP) is 4.03. The molecule has 0 spiro atoms. The van der Waals surface area contributed by atoms with Gasteiger partial charge in [-0.25, -0.2) is 24.3 Å². The molecular formula is C20H17ClFN7. The number of rotatable bonds is 6. The molecule has 0 amide bonds. The highest BCUT2D eigenvalue weighted by Gasteiger charge is 2.09. The van der Waals surface area contributed by atoms with Crippen molar-refractivity contribution >= 4 is 40.1 Å². The number of halogens is 2. The van der Waals surface area contributed by atoms with Crippen LogP contribution >= 0.6 is 11.6 Å². The summed E-state index contributed by atoms with van der Waals surface area (Å²) in [6.07, 6.45) is 3.03. The molecule has 0 unspecified atom stereocenters. The van der Waals surface area contributed by atoms with Crippen LogP contribution in [0.2, 0.25) is 5.02 Å². The SMILES string of the molecule is NCc1ccc(CNc2ncc3ncnc(Nc4ccc(F)c(Cl)c4)c3n2)cc1. The molecule has 9 heteroatoms. The second-order valence-corrected chi connectivity index (χ2v) is 6.68. The lowest BCUT2D eigenvalue weighted by atomic mass is 10.1. The summed E-state index contributed by atoms with van der Waals surface area (Å²) < 4.78 is 13.4. The molecule has 0 atom stereocenters. The molecule has 146 valence electrons. The fourth-order valence-electron chi connectivity index (χ4n) is 2.72. The molecule has 0 radical (unpaired) electrons. The van der Waals surface area contributed by atoms with Crippen molar-refractivity contribution in [3.63, 3.8) is 0 Å². The highest BCUT2D eigenvalue weighted by molar-refractivity contribution is 6.31. The van der Waals surface area contributed by atoms with Gasteiger partial charge in [-0.1, -0.05) is 35.9 Å². The van der Waals surface area contributed by atoms with Gasteiger partial charge in [-0.05, 0) is 29.3 Å². The predicted molar refractivity (Wildman–Crippen MR) is 111 cm³/mol. The van der Waals surface area contributed by atoms with Gasteiger partial charge in [-0.3, -0.25) is 0 Å². The van der Waals surface area contributed by atoms with Gasteiger partial charge in [0.1, 0.15) is 23.2 Å². The highest BCUT2D eigenvalue weighted by Crippen LogP contribution is 2.25. The van der Waals surface area contributed by atoms with Crippen LogP contribution in [0.3, 0.4) is 0 Å². The van der Waals surface area contributed by atoms with Crippen molar-refractivity contribution in [2.45, 2.75) is 13.1 Å². The first-order chi connectivity index (χ1) is 14.1. The van der Waals surface area contributed by atoms with Crippen molar-refractivity contribution in [3.8, 4) is 0 Å². The Bertz CT molecular complexity index is 1150. The van der Waals surface area contributed by atoms with Gasteiger partial charge >= 0.3 is 0 Å². The highest BCUT2D eigenvalue weighted by atomic mass is 35.5. The third kappa shape index (κ3) is 4.39. The number of hydrogen-bond acceptors (Lipinski definition) is 7. The van der Waals surface area contributed by atoms with Gasteiger partial charge in [0.05, 0.1) is 11.2 Å². The topological polar surface area (TPSA) is 102 Å². The van der Waals surface area contributed by atoms with E-state index in [4.69, 9.17) is 17.3 Å². The van der Waals surface area contributed by atoms with Gasteiger partial charge in [0.15, 0.2) is 5.82 Å². The lowest BCUT2D eigenvalue weighted by Crippen LogP contribution is -2.05. The van der Waals surface area contributed by atoms with E-state index in [9.17, 15) is 4.39 Å². The van der Waals surface area contributed by atoms with Crippen molar-refractivity contribution in [3.05, 3.63) is 77.0 Å². The summed E-state index contributed by atoms with van der Waals surface area (Å²) in [5, 5.41) is 6.31. The third-order valence-corrected chi connectivity index (χ3v) is 4.56. The third-order valence-electron chi connectivity index (χ3n) is 4.27. The number of aromatic nitrogens is 4. The van der Waals surface area contributed by atoms with Crippen LogP contribution < -0.4 is 16.4 Å². The van der Waals surface area contributed by atoms with Crippen LogP contribution in [-0.4, -0.2) is 19.9 Å². The fourth-order valence-corrected chi connectivity index (χ4v) is 2.90. The first-order valence-electron chi connectivity index (χ1n) is 8.84. The van der Waals surface area contributed by atoms with Crippen molar-refractivity contribution in [2.24, 2.45) is 5.73 Å². The number of nitrogens with zero attached hydrogens (tertiary/aromatic N) is 4. The van der Waals surface area contributed by atoms with Gasteiger partial charge < -0.3 is 16.4 Å². The van der Waals surface area contributed by atoms with Gasteiger partial charge in [-0.15, -0.1) is 0 Å². The molecule has 4 aromatic rings. The number of fused-ring (bicyclic) bond motifs is 1. The average Bonchev–Trinajstić information content (AvgIpc) is 2.75.